The summed E-state index contributed by atoms with van der Waals surface area (Å²) in [5.41, 5.74) is -0.379. The lowest BCUT2D eigenvalue weighted by Crippen LogP contribution is -2.36. The molecule has 0 saturated carbocycles. The summed E-state index contributed by atoms with van der Waals surface area (Å²) in [6, 6.07) is 4.61. The molecule has 0 saturated heterocycles. The fourth-order valence-corrected chi connectivity index (χ4v) is 2.79. The Morgan fingerprint density at radius 3 is 2.31 bits per heavy atom. The lowest BCUT2D eigenvalue weighted by atomic mass is 9.91. The van der Waals surface area contributed by atoms with Gasteiger partial charge in [-0.3, -0.25) is 4.79 Å². The molecule has 1 amide bonds. The van der Waals surface area contributed by atoms with Gasteiger partial charge in [-0.2, -0.15) is 18.2 Å². The Labute approximate surface area is 169 Å². The zero-order chi connectivity index (χ0) is 21.7. The van der Waals surface area contributed by atoms with Crippen LogP contribution in [0.5, 0.6) is 0 Å². The normalized spacial score (nSPS) is 12.2. The number of halogens is 3. The number of nitrogens with zero attached hydrogens (tertiary/aromatic N) is 3. The van der Waals surface area contributed by atoms with E-state index in [9.17, 15) is 18.0 Å². The van der Waals surface area contributed by atoms with Gasteiger partial charge < -0.3 is 9.42 Å². The number of alkyl halides is 3. The number of carbonyl (C=O) groups is 1. The van der Waals surface area contributed by atoms with Gasteiger partial charge in [0.2, 0.25) is 17.6 Å². The van der Waals surface area contributed by atoms with E-state index >= 15 is 0 Å². The van der Waals surface area contributed by atoms with E-state index in [-0.39, 0.29) is 17.1 Å². The van der Waals surface area contributed by atoms with Crippen LogP contribution in [0, 0.1) is 5.41 Å². The van der Waals surface area contributed by atoms with Gasteiger partial charge in [-0.05, 0) is 24.0 Å². The molecule has 8 heteroatoms. The third-order valence-electron chi connectivity index (χ3n) is 4.35. The minimum atomic E-state index is -4.39. The van der Waals surface area contributed by atoms with Gasteiger partial charge in [-0.1, -0.05) is 51.4 Å². The molecule has 0 fully saturated rings. The number of carbonyl (C=O) groups excluding carboxylic acids is 1. The van der Waals surface area contributed by atoms with Crippen LogP contribution in [-0.4, -0.2) is 34.0 Å². The number of benzene rings is 1. The van der Waals surface area contributed by atoms with Crippen LogP contribution < -0.4 is 0 Å². The molecule has 0 aliphatic rings. The fraction of sp³-hybridized carbons (Fsp3) is 0.571. The van der Waals surface area contributed by atoms with E-state index in [1.807, 2.05) is 25.7 Å². The largest absolute Gasteiger partial charge is 0.416 e. The Kier molecular flexibility index (Phi) is 7.43. The molecule has 1 heterocycles. The van der Waals surface area contributed by atoms with Gasteiger partial charge in [0.25, 0.3) is 0 Å². The molecular formula is C21H28F3N3O2. The monoisotopic (exact) mass is 411 g/mol. The van der Waals surface area contributed by atoms with Gasteiger partial charge >= 0.3 is 6.18 Å². The lowest BCUT2D eigenvalue weighted by molar-refractivity contribution is -0.137. The van der Waals surface area contributed by atoms with Crippen LogP contribution in [0.2, 0.25) is 0 Å². The maximum absolute atomic E-state index is 12.7. The average Bonchev–Trinajstić information content (AvgIpc) is 3.08. The minimum absolute atomic E-state index is 0.0911. The highest BCUT2D eigenvalue weighted by Gasteiger charge is 2.30. The summed E-state index contributed by atoms with van der Waals surface area (Å²) >= 11 is 0. The van der Waals surface area contributed by atoms with Crippen molar-refractivity contribution in [1.82, 2.24) is 15.0 Å². The summed E-state index contributed by atoms with van der Waals surface area (Å²) in [6.07, 6.45) is -1.64. The molecule has 0 N–H and O–H groups in total. The van der Waals surface area contributed by atoms with E-state index in [0.717, 1.165) is 25.0 Å². The molecule has 0 atom stereocenters. The lowest BCUT2D eigenvalue weighted by Gasteiger charge is -2.26. The van der Waals surface area contributed by atoms with E-state index in [4.69, 9.17) is 4.52 Å². The van der Waals surface area contributed by atoms with Crippen LogP contribution >= 0.6 is 0 Å². The third kappa shape index (κ3) is 7.18. The van der Waals surface area contributed by atoms with Crippen molar-refractivity contribution >= 4 is 5.91 Å². The molecule has 1 aromatic carbocycles. The van der Waals surface area contributed by atoms with Gasteiger partial charge in [0.15, 0.2) is 0 Å². The molecular weight excluding hydrogens is 383 g/mol. The number of unbranched alkanes of at least 4 members (excludes halogenated alkanes) is 1. The van der Waals surface area contributed by atoms with Crippen molar-refractivity contribution in [3.63, 3.8) is 0 Å². The molecule has 0 radical (unpaired) electrons. The van der Waals surface area contributed by atoms with Gasteiger partial charge in [0, 0.05) is 31.5 Å². The van der Waals surface area contributed by atoms with Crippen molar-refractivity contribution in [1.29, 1.82) is 0 Å². The Morgan fingerprint density at radius 1 is 1.10 bits per heavy atom. The molecule has 0 unspecified atom stereocenters. The van der Waals surface area contributed by atoms with Crippen LogP contribution in [0.25, 0.3) is 11.4 Å². The second-order valence-corrected chi connectivity index (χ2v) is 8.31. The first-order valence-electron chi connectivity index (χ1n) is 9.77. The summed E-state index contributed by atoms with van der Waals surface area (Å²) in [4.78, 5) is 18.7. The van der Waals surface area contributed by atoms with E-state index in [0.29, 0.717) is 37.4 Å². The zero-order valence-corrected chi connectivity index (χ0v) is 17.3. The summed E-state index contributed by atoms with van der Waals surface area (Å²) < 4.78 is 43.3. The Balaban J connectivity index is 2.02. The predicted molar refractivity (Wildman–Crippen MR) is 104 cm³/mol. The average molecular weight is 411 g/mol. The predicted octanol–water partition coefficient (Wildman–Crippen LogP) is 5.36. The van der Waals surface area contributed by atoms with Crippen LogP contribution in [0.4, 0.5) is 13.2 Å². The number of hydrogen-bond donors (Lipinski definition) is 0. The first-order valence-corrected chi connectivity index (χ1v) is 9.77. The highest BCUT2D eigenvalue weighted by molar-refractivity contribution is 5.76. The van der Waals surface area contributed by atoms with Gasteiger partial charge in [-0.15, -0.1) is 0 Å². The van der Waals surface area contributed by atoms with E-state index in [2.05, 4.69) is 17.1 Å². The topological polar surface area (TPSA) is 59.2 Å². The number of rotatable bonds is 8. The molecule has 2 aromatic rings. The van der Waals surface area contributed by atoms with Crippen LogP contribution in [0.15, 0.2) is 28.8 Å². The van der Waals surface area contributed by atoms with Gasteiger partial charge in [-0.25, -0.2) is 0 Å². The summed E-state index contributed by atoms with van der Waals surface area (Å²) in [5.74, 6) is 0.674. The van der Waals surface area contributed by atoms with Crippen molar-refractivity contribution in [2.24, 2.45) is 5.41 Å². The second-order valence-electron chi connectivity index (χ2n) is 8.31. The molecule has 160 valence electrons. The van der Waals surface area contributed by atoms with Crippen molar-refractivity contribution in [2.75, 3.05) is 13.1 Å². The van der Waals surface area contributed by atoms with Crippen molar-refractivity contribution < 1.29 is 22.5 Å². The summed E-state index contributed by atoms with van der Waals surface area (Å²) in [6.45, 7) is 9.28. The van der Waals surface area contributed by atoms with E-state index in [1.165, 1.54) is 12.1 Å². The Hall–Kier alpha value is -2.38. The molecule has 0 aliphatic carbocycles. The molecule has 1 aromatic heterocycles. The third-order valence-corrected chi connectivity index (χ3v) is 4.35. The molecule has 29 heavy (non-hydrogen) atoms. The molecule has 5 nitrogen and oxygen atoms in total. The van der Waals surface area contributed by atoms with Gasteiger partial charge in [0.1, 0.15) is 0 Å². The number of hydrogen-bond acceptors (Lipinski definition) is 4. The van der Waals surface area contributed by atoms with Gasteiger partial charge in [0.05, 0.1) is 5.56 Å². The van der Waals surface area contributed by atoms with Crippen LogP contribution in [0.1, 0.15) is 58.4 Å². The van der Waals surface area contributed by atoms with Crippen molar-refractivity contribution in [2.45, 2.75) is 59.6 Å². The molecule has 0 spiro atoms. The van der Waals surface area contributed by atoms with Crippen LogP contribution in [0.3, 0.4) is 0 Å². The molecule has 0 bridgehead atoms. The fourth-order valence-electron chi connectivity index (χ4n) is 2.79. The number of amides is 1. The minimum Gasteiger partial charge on any atom is -0.342 e. The highest BCUT2D eigenvalue weighted by atomic mass is 19.4. The first kappa shape index (κ1) is 22.9. The smallest absolute Gasteiger partial charge is 0.342 e. The molecule has 2 rings (SSSR count). The standard InChI is InChI=1S/C21H28F3N3O2/c1-5-6-12-27(18(28)14-20(2,3)4)13-11-17-25-19(26-29-17)15-7-9-16(10-8-15)21(22,23)24/h7-10H,5-6,11-14H2,1-4H3. The summed E-state index contributed by atoms with van der Waals surface area (Å²) in [7, 11) is 0. The maximum Gasteiger partial charge on any atom is 0.416 e. The van der Waals surface area contributed by atoms with Crippen molar-refractivity contribution in [3.05, 3.63) is 35.7 Å². The van der Waals surface area contributed by atoms with Crippen LogP contribution in [-0.2, 0) is 17.4 Å². The quantitative estimate of drug-likeness (QED) is 0.587. The highest BCUT2D eigenvalue weighted by Crippen LogP contribution is 2.30. The molecule has 0 aliphatic heterocycles. The Morgan fingerprint density at radius 2 is 1.76 bits per heavy atom. The zero-order valence-electron chi connectivity index (χ0n) is 17.3. The second kappa shape index (κ2) is 9.41. The maximum atomic E-state index is 12.7. The van der Waals surface area contributed by atoms with Crippen molar-refractivity contribution in [3.8, 4) is 11.4 Å². The summed E-state index contributed by atoms with van der Waals surface area (Å²) in [5, 5.41) is 3.85. The Bertz CT molecular complexity index is 793. The van der Waals surface area contributed by atoms with E-state index < -0.39 is 11.7 Å². The SMILES string of the molecule is CCCCN(CCc1nc(-c2ccc(C(F)(F)F)cc2)no1)C(=O)CC(C)(C)C. The van der Waals surface area contributed by atoms with E-state index in [1.54, 1.807) is 0 Å². The number of aromatic nitrogens is 2. The first-order chi connectivity index (χ1) is 13.5.